The van der Waals surface area contributed by atoms with Crippen LogP contribution in [0.5, 0.6) is 0 Å². The van der Waals surface area contributed by atoms with Gasteiger partial charge in [0.1, 0.15) is 0 Å². The molecule has 7 heteroatoms. The first-order chi connectivity index (χ1) is 15.5. The molecule has 4 rings (SSSR count). The first kappa shape index (κ1) is 22.7. The number of allylic oxidation sites excluding steroid dienone is 1. The first-order valence-electron chi connectivity index (χ1n) is 10.5. The lowest BCUT2D eigenvalue weighted by molar-refractivity contribution is -0.137. The van der Waals surface area contributed by atoms with E-state index < -0.39 is 17.3 Å². The Labute approximate surface area is 189 Å². The Morgan fingerprint density at radius 1 is 1.03 bits per heavy atom. The molecule has 0 unspecified atom stereocenters. The van der Waals surface area contributed by atoms with Crippen LogP contribution in [0.15, 0.2) is 66.9 Å². The van der Waals surface area contributed by atoms with Gasteiger partial charge in [-0.2, -0.15) is 13.2 Å². The van der Waals surface area contributed by atoms with Gasteiger partial charge < -0.3 is 10.4 Å². The van der Waals surface area contributed by atoms with Crippen LogP contribution in [0.1, 0.15) is 41.8 Å². The highest BCUT2D eigenvalue weighted by atomic mass is 19.4. The van der Waals surface area contributed by atoms with E-state index in [1.54, 1.807) is 20.0 Å². The van der Waals surface area contributed by atoms with Crippen molar-refractivity contribution in [2.24, 2.45) is 0 Å². The van der Waals surface area contributed by atoms with Crippen LogP contribution in [0.4, 0.5) is 13.2 Å². The molecule has 0 atom stereocenters. The summed E-state index contributed by atoms with van der Waals surface area (Å²) in [7, 11) is 0. The standard InChI is InChI=1S/C26H23F3N2O2/c1-25(2,33)20-5-3-4-17(13-20)18-14-21-22(30-15-18)10-11-23(21)31-24(32)12-16-6-8-19(9-7-16)26(27,28)29/h3-9,11,13-15,33H,10,12H2,1-2H3,(H,31,32). The van der Waals surface area contributed by atoms with E-state index in [0.717, 1.165) is 40.1 Å². The number of carbonyl (C=O) groups is 1. The van der Waals surface area contributed by atoms with Crippen LogP contribution in [-0.4, -0.2) is 16.0 Å². The zero-order valence-electron chi connectivity index (χ0n) is 18.2. The monoisotopic (exact) mass is 452 g/mol. The van der Waals surface area contributed by atoms with Crippen molar-refractivity contribution in [2.45, 2.75) is 38.5 Å². The maximum atomic E-state index is 12.7. The quantitative estimate of drug-likeness (QED) is 0.556. The van der Waals surface area contributed by atoms with Gasteiger partial charge in [-0.15, -0.1) is 0 Å². The van der Waals surface area contributed by atoms with Gasteiger partial charge in [0.25, 0.3) is 0 Å². The Morgan fingerprint density at radius 3 is 2.42 bits per heavy atom. The lowest BCUT2D eigenvalue weighted by atomic mass is 9.94. The molecule has 0 saturated heterocycles. The van der Waals surface area contributed by atoms with Crippen LogP contribution in [0.2, 0.25) is 0 Å². The zero-order valence-corrected chi connectivity index (χ0v) is 18.2. The van der Waals surface area contributed by atoms with Crippen LogP contribution in [0.3, 0.4) is 0 Å². The lowest BCUT2D eigenvalue weighted by Crippen LogP contribution is -2.23. The van der Waals surface area contributed by atoms with E-state index >= 15 is 0 Å². The molecule has 170 valence electrons. The SMILES string of the molecule is CC(C)(O)c1cccc(-c2cnc3c(c2)C(NC(=O)Cc2ccc(C(F)(F)F)cc2)=CC3)c1. The van der Waals surface area contributed by atoms with Gasteiger partial charge in [-0.05, 0) is 54.8 Å². The van der Waals surface area contributed by atoms with Crippen molar-refractivity contribution in [3.05, 3.63) is 94.8 Å². The molecule has 0 aliphatic heterocycles. The van der Waals surface area contributed by atoms with Crippen molar-refractivity contribution < 1.29 is 23.1 Å². The molecule has 0 saturated carbocycles. The van der Waals surface area contributed by atoms with Crippen LogP contribution in [0, 0.1) is 0 Å². The highest BCUT2D eigenvalue weighted by molar-refractivity contribution is 5.90. The van der Waals surface area contributed by atoms with Crippen molar-refractivity contribution in [3.8, 4) is 11.1 Å². The number of nitrogens with zero attached hydrogens (tertiary/aromatic N) is 1. The fourth-order valence-corrected chi connectivity index (χ4v) is 3.74. The fourth-order valence-electron chi connectivity index (χ4n) is 3.74. The van der Waals surface area contributed by atoms with Gasteiger partial charge in [-0.3, -0.25) is 9.78 Å². The van der Waals surface area contributed by atoms with Gasteiger partial charge in [0.05, 0.1) is 23.3 Å². The van der Waals surface area contributed by atoms with E-state index in [2.05, 4.69) is 10.3 Å². The van der Waals surface area contributed by atoms with Gasteiger partial charge in [-0.25, -0.2) is 0 Å². The maximum absolute atomic E-state index is 12.7. The van der Waals surface area contributed by atoms with Gasteiger partial charge in [0, 0.05) is 29.4 Å². The Morgan fingerprint density at radius 2 is 1.76 bits per heavy atom. The zero-order chi connectivity index (χ0) is 23.8. The number of pyridine rings is 1. The number of carbonyl (C=O) groups excluding carboxylic acids is 1. The summed E-state index contributed by atoms with van der Waals surface area (Å²) >= 11 is 0. The second-order valence-electron chi connectivity index (χ2n) is 8.60. The average molecular weight is 452 g/mol. The molecule has 0 radical (unpaired) electrons. The van der Waals surface area contributed by atoms with Gasteiger partial charge in [0.2, 0.25) is 5.91 Å². The molecule has 1 aliphatic rings. The summed E-state index contributed by atoms with van der Waals surface area (Å²) in [6, 6.07) is 14.1. The summed E-state index contributed by atoms with van der Waals surface area (Å²) < 4.78 is 38.2. The van der Waals surface area contributed by atoms with Crippen molar-refractivity contribution in [2.75, 3.05) is 0 Å². The van der Waals surface area contributed by atoms with E-state index in [1.807, 2.05) is 36.4 Å². The number of aromatic nitrogens is 1. The highest BCUT2D eigenvalue weighted by Gasteiger charge is 2.30. The average Bonchev–Trinajstić information content (AvgIpc) is 3.15. The number of rotatable bonds is 5. The van der Waals surface area contributed by atoms with Crippen LogP contribution < -0.4 is 5.32 Å². The molecular weight excluding hydrogens is 429 g/mol. The number of amides is 1. The Balaban J connectivity index is 1.50. The number of nitrogens with one attached hydrogen (secondary N) is 1. The van der Waals surface area contributed by atoms with Gasteiger partial charge in [0.15, 0.2) is 0 Å². The summed E-state index contributed by atoms with van der Waals surface area (Å²) in [5, 5.41) is 13.2. The molecule has 2 aromatic carbocycles. The number of hydrogen-bond donors (Lipinski definition) is 2. The molecule has 1 aromatic heterocycles. The van der Waals surface area contributed by atoms with Crippen molar-refractivity contribution in [3.63, 3.8) is 0 Å². The van der Waals surface area contributed by atoms with Crippen LogP contribution >= 0.6 is 0 Å². The largest absolute Gasteiger partial charge is 0.416 e. The van der Waals surface area contributed by atoms with Crippen LogP contribution in [0.25, 0.3) is 16.8 Å². The molecule has 0 spiro atoms. The maximum Gasteiger partial charge on any atom is 0.416 e. The van der Waals surface area contributed by atoms with Crippen molar-refractivity contribution in [1.29, 1.82) is 0 Å². The topological polar surface area (TPSA) is 62.2 Å². The first-order valence-corrected chi connectivity index (χ1v) is 10.5. The smallest absolute Gasteiger partial charge is 0.386 e. The molecule has 2 N–H and O–H groups in total. The third-order valence-corrected chi connectivity index (χ3v) is 5.58. The molecule has 1 aliphatic carbocycles. The Kier molecular flexibility index (Phi) is 5.84. The third-order valence-electron chi connectivity index (χ3n) is 5.58. The number of fused-ring (bicyclic) bond motifs is 1. The van der Waals surface area contributed by atoms with E-state index in [0.29, 0.717) is 17.7 Å². The molecule has 1 amide bonds. The second kappa shape index (κ2) is 8.48. The normalized spacial score (nSPS) is 13.5. The molecule has 0 fully saturated rings. The number of halogens is 3. The van der Waals surface area contributed by atoms with Crippen molar-refractivity contribution in [1.82, 2.24) is 10.3 Å². The number of aliphatic hydroxyl groups is 1. The molecule has 33 heavy (non-hydrogen) atoms. The molecule has 1 heterocycles. The fraction of sp³-hybridized carbons (Fsp3) is 0.231. The van der Waals surface area contributed by atoms with E-state index in [-0.39, 0.29) is 12.3 Å². The van der Waals surface area contributed by atoms with Crippen LogP contribution in [-0.2, 0) is 29.4 Å². The van der Waals surface area contributed by atoms with Gasteiger partial charge >= 0.3 is 6.18 Å². The molecular formula is C26H23F3N2O2. The lowest BCUT2D eigenvalue weighted by Gasteiger charge is -2.18. The number of benzene rings is 2. The summed E-state index contributed by atoms with van der Waals surface area (Å²) in [4.78, 5) is 17.1. The Hall–Kier alpha value is -3.45. The van der Waals surface area contributed by atoms with Crippen molar-refractivity contribution >= 4 is 11.6 Å². The summed E-state index contributed by atoms with van der Waals surface area (Å²) in [6.07, 6.45) is -0.223. The number of hydrogen-bond acceptors (Lipinski definition) is 3. The second-order valence-corrected chi connectivity index (χ2v) is 8.60. The molecule has 0 bridgehead atoms. The minimum atomic E-state index is -4.41. The predicted molar refractivity (Wildman–Crippen MR) is 120 cm³/mol. The highest BCUT2D eigenvalue weighted by Crippen LogP contribution is 2.31. The van der Waals surface area contributed by atoms with E-state index in [4.69, 9.17) is 0 Å². The Bertz CT molecular complexity index is 1220. The number of alkyl halides is 3. The molecule has 3 aromatic rings. The summed E-state index contributed by atoms with van der Waals surface area (Å²) in [5.74, 6) is -0.316. The van der Waals surface area contributed by atoms with E-state index in [9.17, 15) is 23.1 Å². The summed E-state index contributed by atoms with van der Waals surface area (Å²) in [5.41, 5.74) is 3.58. The summed E-state index contributed by atoms with van der Waals surface area (Å²) in [6.45, 7) is 3.44. The molecule has 4 nitrogen and oxygen atoms in total. The minimum Gasteiger partial charge on any atom is -0.386 e. The predicted octanol–water partition coefficient (Wildman–Crippen LogP) is 5.25. The van der Waals surface area contributed by atoms with E-state index in [1.165, 1.54) is 12.1 Å². The third kappa shape index (κ3) is 5.14. The van der Waals surface area contributed by atoms with Gasteiger partial charge in [-0.1, -0.05) is 36.4 Å². The minimum absolute atomic E-state index is 0.0362.